The van der Waals surface area contributed by atoms with Crippen molar-refractivity contribution in [3.05, 3.63) is 0 Å². The number of rotatable bonds is 0. The zero-order valence-electron chi connectivity index (χ0n) is 3.16. The van der Waals surface area contributed by atoms with E-state index in [-0.39, 0.29) is 0 Å². The van der Waals surface area contributed by atoms with Crippen LogP contribution >= 0.6 is 15.9 Å². The third kappa shape index (κ3) is 3.60. The lowest BCUT2D eigenvalue weighted by Crippen LogP contribution is -1.53. The summed E-state index contributed by atoms with van der Waals surface area (Å²) in [4.78, 5) is 0. The van der Waals surface area contributed by atoms with Gasteiger partial charge in [0.15, 0.2) is 0 Å². The lowest BCUT2D eigenvalue weighted by atomic mass is 10.6. The van der Waals surface area contributed by atoms with Crippen molar-refractivity contribution < 1.29 is 0 Å². The fraction of sp³-hybridized carbons (Fsp3) is 0.200. The molecule has 30 valence electrons. The molecule has 0 saturated heterocycles. The summed E-state index contributed by atoms with van der Waals surface area (Å²) in [6, 6.07) is 0. The van der Waals surface area contributed by atoms with E-state index >= 15 is 0 Å². The molecule has 0 aliphatic heterocycles. The van der Waals surface area contributed by atoms with Crippen LogP contribution in [0.1, 0.15) is 0 Å². The minimum atomic E-state index is 0.664. The van der Waals surface area contributed by atoms with Crippen LogP contribution in [0.5, 0.6) is 0 Å². The molecule has 0 aromatic carbocycles. The molecule has 0 amide bonds. The minimum Gasteiger partial charge on any atom is -0.106 e. The number of hydrogen-bond acceptors (Lipinski definition) is 0. The molecule has 0 bridgehead atoms. The summed E-state index contributed by atoms with van der Waals surface area (Å²) in [5, 5.41) is 0.664. The molecule has 1 heteroatoms. The van der Waals surface area contributed by atoms with Gasteiger partial charge in [-0.3, -0.25) is 0 Å². The first-order chi connectivity index (χ1) is 2.91. The highest BCUT2D eigenvalue weighted by Crippen LogP contribution is 1.70. The van der Waals surface area contributed by atoms with Gasteiger partial charge in [-0.05, 0) is 11.8 Å². The van der Waals surface area contributed by atoms with Crippen LogP contribution in [-0.2, 0) is 0 Å². The van der Waals surface area contributed by atoms with Crippen molar-refractivity contribution in [1.82, 2.24) is 0 Å². The monoisotopic (exact) mass is 142 g/mol. The summed E-state index contributed by atoms with van der Waals surface area (Å²) in [7, 11) is 0. The highest BCUT2D eigenvalue weighted by atomic mass is 79.9. The zero-order chi connectivity index (χ0) is 4.83. The quantitative estimate of drug-likeness (QED) is 0.350. The number of hydrogen-bond donors (Lipinski definition) is 0. The minimum absolute atomic E-state index is 0.664. The van der Waals surface area contributed by atoms with Crippen LogP contribution in [0.3, 0.4) is 0 Å². The third-order valence-corrected chi connectivity index (χ3v) is 0.508. The van der Waals surface area contributed by atoms with Crippen LogP contribution < -0.4 is 0 Å². The maximum Gasteiger partial charge on any atom is 0.0655 e. The van der Waals surface area contributed by atoms with Crippen molar-refractivity contribution in [3.8, 4) is 24.2 Å². The largest absolute Gasteiger partial charge is 0.106 e. The zero-order valence-corrected chi connectivity index (χ0v) is 4.75. The number of halogens is 1. The maximum absolute atomic E-state index is 4.77. The second-order valence-corrected chi connectivity index (χ2v) is 1.14. The van der Waals surface area contributed by atoms with Crippen LogP contribution in [0.2, 0.25) is 0 Å². The predicted molar refractivity (Wildman–Crippen MR) is 30.4 cm³/mol. The SMILES string of the molecule is C#CC#CCBr. The van der Waals surface area contributed by atoms with Crippen molar-refractivity contribution >= 4 is 15.9 Å². The molecule has 0 heterocycles. The van der Waals surface area contributed by atoms with Gasteiger partial charge >= 0.3 is 0 Å². The Hall–Kier alpha value is -0.400. The van der Waals surface area contributed by atoms with Crippen molar-refractivity contribution in [1.29, 1.82) is 0 Å². The first-order valence-corrected chi connectivity index (χ1v) is 2.53. The molecule has 0 rings (SSSR count). The molecule has 0 unspecified atom stereocenters. The Morgan fingerprint density at radius 3 is 2.50 bits per heavy atom. The van der Waals surface area contributed by atoms with Gasteiger partial charge in [-0.25, -0.2) is 0 Å². The lowest BCUT2D eigenvalue weighted by Gasteiger charge is -1.56. The van der Waals surface area contributed by atoms with Crippen LogP contribution in [0, 0.1) is 24.2 Å². The van der Waals surface area contributed by atoms with Gasteiger partial charge in [0.05, 0.1) is 5.33 Å². The van der Waals surface area contributed by atoms with Crippen molar-refractivity contribution in [3.63, 3.8) is 0 Å². The molecule has 0 spiro atoms. The predicted octanol–water partition coefficient (Wildman–Crippen LogP) is 1.02. The van der Waals surface area contributed by atoms with Gasteiger partial charge in [-0.1, -0.05) is 21.9 Å². The van der Waals surface area contributed by atoms with E-state index in [9.17, 15) is 0 Å². The van der Waals surface area contributed by atoms with Crippen LogP contribution in [0.25, 0.3) is 0 Å². The number of alkyl halides is 1. The van der Waals surface area contributed by atoms with E-state index in [1.165, 1.54) is 0 Å². The fourth-order valence-corrected chi connectivity index (χ4v) is 0.225. The molecule has 0 saturated carbocycles. The molecule has 0 aromatic heterocycles. The molecule has 0 nitrogen and oxygen atoms in total. The van der Waals surface area contributed by atoms with E-state index in [2.05, 4.69) is 33.7 Å². The van der Waals surface area contributed by atoms with Gasteiger partial charge in [0.2, 0.25) is 0 Å². The molecule has 0 radical (unpaired) electrons. The van der Waals surface area contributed by atoms with Crippen molar-refractivity contribution in [2.24, 2.45) is 0 Å². The Labute approximate surface area is 46.1 Å². The molecular formula is C5H3Br. The molecule has 0 N–H and O–H groups in total. The van der Waals surface area contributed by atoms with E-state index in [1.54, 1.807) is 0 Å². The van der Waals surface area contributed by atoms with E-state index < -0.39 is 0 Å². The number of terminal acetylenes is 1. The summed E-state index contributed by atoms with van der Waals surface area (Å²) < 4.78 is 0. The first kappa shape index (κ1) is 5.60. The van der Waals surface area contributed by atoms with E-state index in [1.807, 2.05) is 0 Å². The van der Waals surface area contributed by atoms with Gasteiger partial charge in [0, 0.05) is 0 Å². The highest BCUT2D eigenvalue weighted by Gasteiger charge is 1.53. The third-order valence-electron chi connectivity index (χ3n) is 0.227. The first-order valence-electron chi connectivity index (χ1n) is 1.41. The van der Waals surface area contributed by atoms with Gasteiger partial charge in [0.1, 0.15) is 0 Å². The fourth-order valence-electron chi connectivity index (χ4n) is 0.0844. The molecule has 0 aliphatic carbocycles. The van der Waals surface area contributed by atoms with Crippen LogP contribution in [0.15, 0.2) is 0 Å². The van der Waals surface area contributed by atoms with E-state index in [4.69, 9.17) is 6.42 Å². The van der Waals surface area contributed by atoms with E-state index in [0.29, 0.717) is 5.33 Å². The van der Waals surface area contributed by atoms with Gasteiger partial charge in [0.25, 0.3) is 0 Å². The second kappa shape index (κ2) is 4.60. The Kier molecular flexibility index (Phi) is 4.29. The molecule has 0 aliphatic rings. The lowest BCUT2D eigenvalue weighted by molar-refractivity contribution is 2.00. The summed E-state index contributed by atoms with van der Waals surface area (Å²) >= 11 is 3.08. The molecule has 0 aromatic rings. The Morgan fingerprint density at radius 1 is 1.67 bits per heavy atom. The summed E-state index contributed by atoms with van der Waals surface area (Å²) in [6.07, 6.45) is 4.77. The molecule has 0 fully saturated rings. The summed E-state index contributed by atoms with van der Waals surface area (Å²) in [5.74, 6) is 7.23. The smallest absolute Gasteiger partial charge is 0.0655 e. The van der Waals surface area contributed by atoms with Gasteiger partial charge in [-0.2, -0.15) is 0 Å². The maximum atomic E-state index is 4.77. The van der Waals surface area contributed by atoms with E-state index in [0.717, 1.165) is 0 Å². The average Bonchev–Trinajstić information content (AvgIpc) is 1.61. The van der Waals surface area contributed by atoms with Crippen molar-refractivity contribution in [2.45, 2.75) is 0 Å². The molecule has 0 atom stereocenters. The second-order valence-electron chi connectivity index (χ2n) is 0.580. The van der Waals surface area contributed by atoms with Gasteiger partial charge in [-0.15, -0.1) is 6.42 Å². The Balaban J connectivity index is 3.22. The Morgan fingerprint density at radius 2 is 2.33 bits per heavy atom. The Bertz CT molecular complexity index is 108. The summed E-state index contributed by atoms with van der Waals surface area (Å²) in [5.41, 5.74) is 0. The van der Waals surface area contributed by atoms with Crippen molar-refractivity contribution in [2.75, 3.05) is 5.33 Å². The van der Waals surface area contributed by atoms with Crippen LogP contribution in [0.4, 0.5) is 0 Å². The molecule has 6 heavy (non-hydrogen) atoms. The topological polar surface area (TPSA) is 0 Å². The normalized spacial score (nSPS) is 4.67. The van der Waals surface area contributed by atoms with Gasteiger partial charge < -0.3 is 0 Å². The summed E-state index contributed by atoms with van der Waals surface area (Å²) in [6.45, 7) is 0. The standard InChI is InChI=1S/C5H3Br/c1-2-3-4-5-6/h1H,5H2. The molecular weight excluding hydrogens is 140 g/mol. The van der Waals surface area contributed by atoms with Crippen LogP contribution in [-0.4, -0.2) is 5.33 Å². The average molecular weight is 143 g/mol. The highest BCUT2D eigenvalue weighted by molar-refractivity contribution is 9.09.